The third-order valence-electron chi connectivity index (χ3n) is 3.57. The van der Waals surface area contributed by atoms with E-state index in [2.05, 4.69) is 5.32 Å². The SMILES string of the molecule is CC(C)(C)OC(=O)NC1CC2CS(=O)(=O)CC(C1)C2=O. The summed E-state index contributed by atoms with van der Waals surface area (Å²) in [6.07, 6.45) is 0.250. The Balaban J connectivity index is 1.98. The van der Waals surface area contributed by atoms with Gasteiger partial charge in [0.2, 0.25) is 0 Å². The van der Waals surface area contributed by atoms with E-state index in [-0.39, 0.29) is 23.3 Å². The van der Waals surface area contributed by atoms with Crippen LogP contribution in [0.2, 0.25) is 0 Å². The molecule has 2 unspecified atom stereocenters. The molecule has 0 aromatic carbocycles. The largest absolute Gasteiger partial charge is 0.444 e. The van der Waals surface area contributed by atoms with Crippen molar-refractivity contribution in [2.45, 2.75) is 45.3 Å². The number of rotatable bonds is 1. The van der Waals surface area contributed by atoms with Crippen molar-refractivity contribution >= 4 is 21.7 Å². The van der Waals surface area contributed by atoms with Gasteiger partial charge in [0.05, 0.1) is 11.5 Å². The molecule has 1 saturated carbocycles. The van der Waals surface area contributed by atoms with Crippen molar-refractivity contribution in [3.05, 3.63) is 0 Å². The van der Waals surface area contributed by atoms with Gasteiger partial charge in [0, 0.05) is 17.9 Å². The van der Waals surface area contributed by atoms with Crippen LogP contribution in [0, 0.1) is 11.8 Å². The Morgan fingerprint density at radius 3 is 2.15 bits per heavy atom. The van der Waals surface area contributed by atoms with Gasteiger partial charge in [0.25, 0.3) is 0 Å². The predicted octanol–water partition coefficient (Wildman–Crippen LogP) is 0.903. The van der Waals surface area contributed by atoms with E-state index >= 15 is 0 Å². The molecule has 7 heteroatoms. The van der Waals surface area contributed by atoms with Crippen LogP contribution in [0.25, 0.3) is 0 Å². The number of amides is 1. The lowest BCUT2D eigenvalue weighted by Gasteiger charge is -2.37. The number of sulfone groups is 1. The van der Waals surface area contributed by atoms with Crippen molar-refractivity contribution in [3.8, 4) is 0 Å². The zero-order chi connectivity index (χ0) is 15.1. The van der Waals surface area contributed by atoms with E-state index in [1.807, 2.05) is 0 Å². The van der Waals surface area contributed by atoms with Gasteiger partial charge in [-0.3, -0.25) is 4.79 Å². The average Bonchev–Trinajstić information content (AvgIpc) is 2.18. The van der Waals surface area contributed by atoms with Gasteiger partial charge in [0.1, 0.15) is 11.4 Å². The fourth-order valence-electron chi connectivity index (χ4n) is 2.92. The monoisotopic (exact) mass is 303 g/mol. The van der Waals surface area contributed by atoms with E-state index in [9.17, 15) is 18.0 Å². The maximum absolute atomic E-state index is 11.9. The van der Waals surface area contributed by atoms with Crippen LogP contribution in [0.15, 0.2) is 0 Å². The summed E-state index contributed by atoms with van der Waals surface area (Å²) in [5.74, 6) is -1.11. The lowest BCUT2D eigenvalue weighted by atomic mass is 9.78. The van der Waals surface area contributed by atoms with E-state index < -0.39 is 33.4 Å². The minimum atomic E-state index is -3.12. The Hall–Kier alpha value is -1.11. The summed E-state index contributed by atoms with van der Waals surface area (Å²) in [6.45, 7) is 5.33. The molecular weight excluding hydrogens is 282 g/mol. The molecule has 2 fully saturated rings. The molecule has 1 amide bonds. The van der Waals surface area contributed by atoms with E-state index in [0.29, 0.717) is 12.8 Å². The van der Waals surface area contributed by atoms with Crippen LogP contribution in [-0.4, -0.2) is 43.4 Å². The van der Waals surface area contributed by atoms with Gasteiger partial charge < -0.3 is 10.1 Å². The van der Waals surface area contributed by atoms with Gasteiger partial charge in [-0.25, -0.2) is 13.2 Å². The maximum atomic E-state index is 11.9. The number of carbonyl (C=O) groups excluding carboxylic acids is 2. The molecule has 1 saturated heterocycles. The van der Waals surface area contributed by atoms with E-state index in [1.54, 1.807) is 20.8 Å². The zero-order valence-corrected chi connectivity index (χ0v) is 12.8. The number of hydrogen-bond acceptors (Lipinski definition) is 5. The van der Waals surface area contributed by atoms with E-state index in [1.165, 1.54) is 0 Å². The first-order valence-corrected chi connectivity index (χ1v) is 8.61. The van der Waals surface area contributed by atoms with Gasteiger partial charge in [-0.2, -0.15) is 0 Å². The number of hydrogen-bond donors (Lipinski definition) is 1. The molecule has 2 bridgehead atoms. The Bertz CT molecular complexity index is 495. The molecule has 2 aliphatic rings. The van der Waals surface area contributed by atoms with Crippen LogP contribution in [0.3, 0.4) is 0 Å². The highest BCUT2D eigenvalue weighted by molar-refractivity contribution is 7.91. The standard InChI is InChI=1S/C13H21NO5S/c1-13(2,3)19-12(16)14-10-4-8-6-20(17,18)7-9(5-10)11(8)15/h8-10H,4-7H2,1-3H3,(H,14,16). The molecule has 114 valence electrons. The second kappa shape index (κ2) is 5.02. The van der Waals surface area contributed by atoms with E-state index in [4.69, 9.17) is 4.74 Å². The Morgan fingerprint density at radius 2 is 1.70 bits per heavy atom. The highest BCUT2D eigenvalue weighted by atomic mass is 32.2. The number of ketones is 1. The smallest absolute Gasteiger partial charge is 0.407 e. The highest BCUT2D eigenvalue weighted by Crippen LogP contribution is 2.33. The molecule has 0 spiro atoms. The van der Waals surface area contributed by atoms with Crippen LogP contribution in [-0.2, 0) is 19.4 Å². The predicted molar refractivity (Wildman–Crippen MR) is 73.0 cm³/mol. The summed E-state index contributed by atoms with van der Waals surface area (Å²) < 4.78 is 28.5. The summed E-state index contributed by atoms with van der Waals surface area (Å²) in [5.41, 5.74) is -0.576. The lowest BCUT2D eigenvalue weighted by Crippen LogP contribution is -2.52. The van der Waals surface area contributed by atoms with Crippen molar-refractivity contribution in [1.82, 2.24) is 5.32 Å². The molecule has 1 N–H and O–H groups in total. The minimum absolute atomic E-state index is 0.0297. The van der Waals surface area contributed by atoms with Crippen LogP contribution >= 0.6 is 0 Å². The van der Waals surface area contributed by atoms with Crippen LogP contribution in [0.1, 0.15) is 33.6 Å². The summed E-state index contributed by atoms with van der Waals surface area (Å²) in [6, 6.07) is -0.187. The number of Topliss-reactive ketones (excluding diaryl/α,β-unsaturated/α-hetero) is 1. The Labute approximate surface area is 119 Å². The second-order valence-electron chi connectivity index (χ2n) is 6.69. The number of carbonyl (C=O) groups is 2. The number of alkyl carbamates (subject to hydrolysis) is 1. The molecule has 6 nitrogen and oxygen atoms in total. The van der Waals surface area contributed by atoms with Crippen molar-refractivity contribution in [3.63, 3.8) is 0 Å². The average molecular weight is 303 g/mol. The molecule has 1 aliphatic heterocycles. The summed E-state index contributed by atoms with van der Waals surface area (Å²) >= 11 is 0. The fourth-order valence-corrected chi connectivity index (χ4v) is 4.89. The van der Waals surface area contributed by atoms with Crippen LogP contribution < -0.4 is 5.32 Å². The van der Waals surface area contributed by atoms with Crippen molar-refractivity contribution < 1.29 is 22.7 Å². The fraction of sp³-hybridized carbons (Fsp3) is 0.846. The highest BCUT2D eigenvalue weighted by Gasteiger charge is 2.45. The molecule has 0 aromatic heterocycles. The molecule has 0 radical (unpaired) electrons. The quantitative estimate of drug-likeness (QED) is 0.777. The van der Waals surface area contributed by atoms with Crippen molar-refractivity contribution in [2.24, 2.45) is 11.8 Å². The molecule has 1 heterocycles. The van der Waals surface area contributed by atoms with Gasteiger partial charge in [-0.15, -0.1) is 0 Å². The summed E-state index contributed by atoms with van der Waals surface area (Å²) in [5, 5.41) is 2.74. The Morgan fingerprint density at radius 1 is 1.20 bits per heavy atom. The normalized spacial score (nSPS) is 32.5. The first-order valence-electron chi connectivity index (χ1n) is 6.79. The topological polar surface area (TPSA) is 89.5 Å². The first-order chi connectivity index (χ1) is 9.06. The molecule has 2 atom stereocenters. The number of ether oxygens (including phenoxy) is 1. The van der Waals surface area contributed by atoms with Gasteiger partial charge in [-0.05, 0) is 33.6 Å². The van der Waals surface area contributed by atoms with Crippen molar-refractivity contribution in [2.75, 3.05) is 11.5 Å². The molecule has 0 aromatic rings. The lowest BCUT2D eigenvalue weighted by molar-refractivity contribution is -0.128. The second-order valence-corrected chi connectivity index (χ2v) is 8.84. The molecule has 2 rings (SSSR count). The third-order valence-corrected chi connectivity index (χ3v) is 5.39. The maximum Gasteiger partial charge on any atom is 0.407 e. The Kier molecular flexibility index (Phi) is 3.83. The molecule has 1 aliphatic carbocycles. The van der Waals surface area contributed by atoms with Gasteiger partial charge in [-0.1, -0.05) is 0 Å². The first kappa shape index (κ1) is 15.3. The van der Waals surface area contributed by atoms with Crippen molar-refractivity contribution in [1.29, 1.82) is 0 Å². The number of fused-ring (bicyclic) bond motifs is 2. The number of nitrogens with one attached hydrogen (secondary N) is 1. The van der Waals surface area contributed by atoms with Crippen LogP contribution in [0.5, 0.6) is 0 Å². The molecular formula is C13H21NO5S. The van der Waals surface area contributed by atoms with E-state index in [0.717, 1.165) is 0 Å². The van der Waals surface area contributed by atoms with Crippen LogP contribution in [0.4, 0.5) is 4.79 Å². The zero-order valence-electron chi connectivity index (χ0n) is 12.0. The summed E-state index contributed by atoms with van der Waals surface area (Å²) in [4.78, 5) is 23.7. The van der Waals surface area contributed by atoms with Gasteiger partial charge in [0.15, 0.2) is 9.84 Å². The van der Waals surface area contributed by atoms with Gasteiger partial charge >= 0.3 is 6.09 Å². The third kappa shape index (κ3) is 3.71. The minimum Gasteiger partial charge on any atom is -0.444 e. The molecule has 20 heavy (non-hydrogen) atoms. The summed E-state index contributed by atoms with van der Waals surface area (Å²) in [7, 11) is -3.12.